The van der Waals surface area contributed by atoms with Gasteiger partial charge < -0.3 is 10.5 Å². The quantitative estimate of drug-likeness (QED) is 0.734. The molecule has 1 atom stereocenters. The fourth-order valence-corrected chi connectivity index (χ4v) is 2.03. The van der Waals surface area contributed by atoms with Crippen molar-refractivity contribution >= 4 is 5.78 Å². The number of Topliss-reactive ketones (excluding diaryl/α,β-unsaturated/α-hetero) is 1. The number of rotatable bonds is 8. The normalized spacial score (nSPS) is 12.7. The largest absolute Gasteiger partial charge is 0.385 e. The molecule has 0 saturated heterocycles. The van der Waals surface area contributed by atoms with E-state index >= 15 is 0 Å². The summed E-state index contributed by atoms with van der Waals surface area (Å²) in [6.45, 7) is 4.98. The van der Waals surface area contributed by atoms with Crippen LogP contribution in [-0.2, 0) is 11.2 Å². The van der Waals surface area contributed by atoms with Gasteiger partial charge in [-0.05, 0) is 24.3 Å². The average molecular weight is 263 g/mol. The van der Waals surface area contributed by atoms with Crippen molar-refractivity contribution in [2.24, 2.45) is 11.7 Å². The van der Waals surface area contributed by atoms with Crippen molar-refractivity contribution in [3.63, 3.8) is 0 Å². The molecule has 0 radical (unpaired) electrons. The highest BCUT2D eigenvalue weighted by Gasteiger charge is 2.11. The van der Waals surface area contributed by atoms with E-state index in [9.17, 15) is 4.79 Å². The van der Waals surface area contributed by atoms with E-state index in [1.807, 2.05) is 24.3 Å². The molecular weight excluding hydrogens is 238 g/mol. The smallest absolute Gasteiger partial charge is 0.164 e. The monoisotopic (exact) mass is 263 g/mol. The molecule has 0 spiro atoms. The summed E-state index contributed by atoms with van der Waals surface area (Å²) in [5, 5.41) is 0. The first kappa shape index (κ1) is 15.9. The zero-order chi connectivity index (χ0) is 14.3. The standard InChI is InChI=1S/C16H25NO2/c1-12(2)10-13-4-6-14(7-5-13)16(18)11-15(17)8-9-19-3/h4-7,12,15H,8-11,17H2,1-3H3. The number of nitrogens with two attached hydrogens (primary N) is 1. The minimum Gasteiger partial charge on any atom is -0.385 e. The molecule has 0 aliphatic carbocycles. The predicted octanol–water partition coefficient (Wildman–Crippen LogP) is 2.82. The SMILES string of the molecule is COCCC(N)CC(=O)c1ccc(CC(C)C)cc1. The van der Waals surface area contributed by atoms with E-state index in [1.165, 1.54) is 5.56 Å². The molecule has 0 heterocycles. The third-order valence-corrected chi connectivity index (χ3v) is 3.06. The molecule has 1 aromatic carbocycles. The highest BCUT2D eigenvalue weighted by molar-refractivity contribution is 5.96. The number of ketones is 1. The Balaban J connectivity index is 2.53. The van der Waals surface area contributed by atoms with E-state index in [-0.39, 0.29) is 11.8 Å². The lowest BCUT2D eigenvalue weighted by molar-refractivity contribution is 0.0967. The summed E-state index contributed by atoms with van der Waals surface area (Å²) in [6.07, 6.45) is 2.14. The van der Waals surface area contributed by atoms with Crippen LogP contribution in [0.3, 0.4) is 0 Å². The molecule has 3 nitrogen and oxygen atoms in total. The van der Waals surface area contributed by atoms with E-state index in [4.69, 9.17) is 10.5 Å². The van der Waals surface area contributed by atoms with Crippen molar-refractivity contribution in [1.82, 2.24) is 0 Å². The summed E-state index contributed by atoms with van der Waals surface area (Å²) in [6, 6.07) is 7.76. The second kappa shape index (κ2) is 8.08. The third-order valence-electron chi connectivity index (χ3n) is 3.06. The van der Waals surface area contributed by atoms with Gasteiger partial charge in [-0.1, -0.05) is 38.1 Å². The summed E-state index contributed by atoms with van der Waals surface area (Å²) in [4.78, 5) is 12.0. The topological polar surface area (TPSA) is 52.3 Å². The highest BCUT2D eigenvalue weighted by Crippen LogP contribution is 2.12. The van der Waals surface area contributed by atoms with Crippen LogP contribution < -0.4 is 5.73 Å². The van der Waals surface area contributed by atoms with Gasteiger partial charge in [-0.3, -0.25) is 4.79 Å². The van der Waals surface area contributed by atoms with Gasteiger partial charge in [0.25, 0.3) is 0 Å². The lowest BCUT2D eigenvalue weighted by atomic mass is 9.98. The molecule has 0 amide bonds. The van der Waals surface area contributed by atoms with Gasteiger partial charge in [0.15, 0.2) is 5.78 Å². The molecule has 19 heavy (non-hydrogen) atoms. The minimum atomic E-state index is -0.122. The van der Waals surface area contributed by atoms with Crippen molar-refractivity contribution in [1.29, 1.82) is 0 Å². The highest BCUT2D eigenvalue weighted by atomic mass is 16.5. The number of benzene rings is 1. The van der Waals surface area contributed by atoms with Crippen LogP contribution in [0.25, 0.3) is 0 Å². The summed E-state index contributed by atoms with van der Waals surface area (Å²) < 4.78 is 4.96. The second-order valence-corrected chi connectivity index (χ2v) is 5.46. The maximum atomic E-state index is 12.0. The van der Waals surface area contributed by atoms with Crippen LogP contribution >= 0.6 is 0 Å². The maximum absolute atomic E-state index is 12.0. The molecule has 3 heteroatoms. The van der Waals surface area contributed by atoms with Gasteiger partial charge in [0, 0.05) is 31.7 Å². The first-order chi connectivity index (χ1) is 9.02. The van der Waals surface area contributed by atoms with Crippen LogP contribution in [0.2, 0.25) is 0 Å². The van der Waals surface area contributed by atoms with E-state index in [0.29, 0.717) is 25.4 Å². The van der Waals surface area contributed by atoms with Gasteiger partial charge in [-0.25, -0.2) is 0 Å². The summed E-state index contributed by atoms with van der Waals surface area (Å²) in [7, 11) is 1.64. The summed E-state index contributed by atoms with van der Waals surface area (Å²) >= 11 is 0. The lowest BCUT2D eigenvalue weighted by Gasteiger charge is -2.10. The van der Waals surface area contributed by atoms with Crippen LogP contribution in [-0.4, -0.2) is 25.5 Å². The van der Waals surface area contributed by atoms with Crippen molar-refractivity contribution in [2.45, 2.75) is 39.2 Å². The molecule has 2 N–H and O–H groups in total. The number of hydrogen-bond acceptors (Lipinski definition) is 3. The summed E-state index contributed by atoms with van der Waals surface area (Å²) in [5.41, 5.74) is 7.92. The molecule has 1 rings (SSSR count). The zero-order valence-corrected chi connectivity index (χ0v) is 12.2. The summed E-state index contributed by atoms with van der Waals surface area (Å²) in [5.74, 6) is 0.740. The Morgan fingerprint density at radius 2 is 1.89 bits per heavy atom. The predicted molar refractivity (Wildman–Crippen MR) is 78.4 cm³/mol. The van der Waals surface area contributed by atoms with Crippen LogP contribution in [0.4, 0.5) is 0 Å². The van der Waals surface area contributed by atoms with E-state index in [2.05, 4.69) is 13.8 Å². The van der Waals surface area contributed by atoms with Crippen LogP contribution in [0.1, 0.15) is 42.6 Å². The molecule has 0 aromatic heterocycles. The fourth-order valence-electron chi connectivity index (χ4n) is 2.03. The molecule has 1 unspecified atom stereocenters. The number of hydrogen-bond donors (Lipinski definition) is 1. The number of carbonyl (C=O) groups excluding carboxylic acids is 1. The Bertz CT molecular complexity index is 384. The number of methoxy groups -OCH3 is 1. The first-order valence-corrected chi connectivity index (χ1v) is 6.89. The Hall–Kier alpha value is -1.19. The van der Waals surface area contributed by atoms with Crippen molar-refractivity contribution in [3.05, 3.63) is 35.4 Å². The van der Waals surface area contributed by atoms with Gasteiger partial charge >= 0.3 is 0 Å². The van der Waals surface area contributed by atoms with Crippen LogP contribution in [0, 0.1) is 5.92 Å². The fraction of sp³-hybridized carbons (Fsp3) is 0.562. The molecule has 0 bridgehead atoms. The molecule has 106 valence electrons. The van der Waals surface area contributed by atoms with E-state index in [0.717, 1.165) is 12.0 Å². The van der Waals surface area contributed by atoms with Gasteiger partial charge in [0.05, 0.1) is 0 Å². The second-order valence-electron chi connectivity index (χ2n) is 5.46. The van der Waals surface area contributed by atoms with E-state index < -0.39 is 0 Å². The van der Waals surface area contributed by atoms with Gasteiger partial charge in [-0.2, -0.15) is 0 Å². The Kier molecular flexibility index (Phi) is 6.74. The first-order valence-electron chi connectivity index (χ1n) is 6.89. The Morgan fingerprint density at radius 3 is 2.42 bits per heavy atom. The van der Waals surface area contributed by atoms with E-state index in [1.54, 1.807) is 7.11 Å². The molecule has 0 fully saturated rings. The molecule has 0 aliphatic rings. The van der Waals surface area contributed by atoms with Gasteiger partial charge in [-0.15, -0.1) is 0 Å². The maximum Gasteiger partial charge on any atom is 0.164 e. The van der Waals surface area contributed by atoms with Crippen molar-refractivity contribution in [3.8, 4) is 0 Å². The minimum absolute atomic E-state index is 0.111. The zero-order valence-electron chi connectivity index (χ0n) is 12.2. The molecule has 1 aromatic rings. The van der Waals surface area contributed by atoms with Crippen LogP contribution in [0.15, 0.2) is 24.3 Å². The Labute approximate surface area is 116 Å². The molecule has 0 saturated carbocycles. The average Bonchev–Trinajstić information content (AvgIpc) is 2.36. The van der Waals surface area contributed by atoms with Crippen LogP contribution in [0.5, 0.6) is 0 Å². The number of carbonyl (C=O) groups is 1. The molecule has 0 aliphatic heterocycles. The van der Waals surface area contributed by atoms with Crippen molar-refractivity contribution in [2.75, 3.05) is 13.7 Å². The Morgan fingerprint density at radius 1 is 1.26 bits per heavy atom. The third kappa shape index (κ3) is 5.99. The van der Waals surface area contributed by atoms with Crippen molar-refractivity contribution < 1.29 is 9.53 Å². The molecular formula is C16H25NO2. The van der Waals surface area contributed by atoms with Gasteiger partial charge in [0.1, 0.15) is 0 Å². The lowest BCUT2D eigenvalue weighted by Crippen LogP contribution is -2.25. The number of ether oxygens (including phenoxy) is 1. The van der Waals surface area contributed by atoms with Gasteiger partial charge in [0.2, 0.25) is 0 Å².